The zero-order chi connectivity index (χ0) is 15.2. The van der Waals surface area contributed by atoms with Gasteiger partial charge in [-0.25, -0.2) is 0 Å². The number of fused-ring (bicyclic) bond motifs is 1. The van der Waals surface area contributed by atoms with Crippen LogP contribution in [0.25, 0.3) is 0 Å². The van der Waals surface area contributed by atoms with Crippen molar-refractivity contribution in [2.24, 2.45) is 0 Å². The summed E-state index contributed by atoms with van der Waals surface area (Å²) < 4.78 is 11.0. The van der Waals surface area contributed by atoms with Gasteiger partial charge in [0, 0.05) is 38.2 Å². The van der Waals surface area contributed by atoms with E-state index in [1.807, 2.05) is 18.2 Å². The fourth-order valence-corrected chi connectivity index (χ4v) is 3.10. The van der Waals surface area contributed by atoms with Gasteiger partial charge in [0.05, 0.1) is 25.9 Å². The van der Waals surface area contributed by atoms with Gasteiger partial charge in [-0.3, -0.25) is 4.90 Å². The molecule has 0 aliphatic carbocycles. The highest BCUT2D eigenvalue weighted by molar-refractivity contribution is 7.80. The average molecular weight is 321 g/mol. The molecule has 22 heavy (non-hydrogen) atoms. The number of morpholine rings is 1. The minimum Gasteiger partial charge on any atom is -0.493 e. The molecule has 6 heteroatoms. The van der Waals surface area contributed by atoms with Gasteiger partial charge < -0.3 is 20.1 Å². The van der Waals surface area contributed by atoms with Crippen LogP contribution in [-0.2, 0) is 4.74 Å². The summed E-state index contributed by atoms with van der Waals surface area (Å²) in [5.41, 5.74) is 1.19. The third-order valence-corrected chi connectivity index (χ3v) is 4.34. The van der Waals surface area contributed by atoms with Crippen LogP contribution in [0.2, 0.25) is 0 Å². The van der Waals surface area contributed by atoms with Gasteiger partial charge in [0.15, 0.2) is 5.11 Å². The number of nitrogens with zero attached hydrogens (tertiary/aromatic N) is 1. The molecule has 2 heterocycles. The summed E-state index contributed by atoms with van der Waals surface area (Å²) in [6.45, 7) is 6.27. The maximum atomic E-state index is 5.67. The molecule has 0 spiro atoms. The summed E-state index contributed by atoms with van der Waals surface area (Å²) in [4.78, 5) is 2.39. The van der Waals surface area contributed by atoms with Crippen LogP contribution in [0.3, 0.4) is 0 Å². The summed E-state index contributed by atoms with van der Waals surface area (Å²) in [5.74, 6) is 0.961. The molecular weight excluding hydrogens is 298 g/mol. The first-order valence-electron chi connectivity index (χ1n) is 7.89. The number of nitrogens with one attached hydrogen (secondary N) is 2. The zero-order valence-corrected chi connectivity index (χ0v) is 13.5. The topological polar surface area (TPSA) is 45.8 Å². The monoisotopic (exact) mass is 321 g/mol. The standard InChI is InChI=1S/C16H23N3O2S/c22-16(17-6-7-19-8-11-20-12-9-19)18-14-5-10-21-15-4-2-1-3-13(14)15/h1-4,14H,5-12H2,(H2,17,18,22)/t14-/m1/s1. The number of hydrogen-bond donors (Lipinski definition) is 2. The highest BCUT2D eigenvalue weighted by atomic mass is 32.1. The van der Waals surface area contributed by atoms with Gasteiger partial charge in [0.2, 0.25) is 0 Å². The van der Waals surface area contributed by atoms with Crippen molar-refractivity contribution in [2.45, 2.75) is 12.5 Å². The van der Waals surface area contributed by atoms with Crippen molar-refractivity contribution in [1.29, 1.82) is 0 Å². The smallest absolute Gasteiger partial charge is 0.166 e. The molecule has 5 nitrogen and oxygen atoms in total. The molecular formula is C16H23N3O2S. The Hall–Kier alpha value is -1.37. The number of rotatable bonds is 4. The zero-order valence-electron chi connectivity index (χ0n) is 12.7. The molecule has 0 radical (unpaired) electrons. The molecule has 2 aliphatic rings. The minimum atomic E-state index is 0.230. The summed E-state index contributed by atoms with van der Waals surface area (Å²) in [7, 11) is 0. The number of hydrogen-bond acceptors (Lipinski definition) is 4. The molecule has 2 aliphatic heterocycles. The lowest BCUT2D eigenvalue weighted by atomic mass is 10.0. The second-order valence-electron chi connectivity index (χ2n) is 5.58. The minimum absolute atomic E-state index is 0.230. The van der Waals surface area contributed by atoms with E-state index in [1.54, 1.807) is 0 Å². The first kappa shape index (κ1) is 15.5. The highest BCUT2D eigenvalue weighted by Gasteiger charge is 2.21. The van der Waals surface area contributed by atoms with Crippen molar-refractivity contribution in [3.05, 3.63) is 29.8 Å². The van der Waals surface area contributed by atoms with E-state index >= 15 is 0 Å². The summed E-state index contributed by atoms with van der Waals surface area (Å²) >= 11 is 5.42. The average Bonchev–Trinajstić information content (AvgIpc) is 2.56. The molecule has 1 aromatic rings. The molecule has 2 N–H and O–H groups in total. The molecule has 0 amide bonds. The maximum absolute atomic E-state index is 5.67. The Morgan fingerprint density at radius 3 is 2.91 bits per heavy atom. The lowest BCUT2D eigenvalue weighted by Crippen LogP contribution is -2.44. The quantitative estimate of drug-likeness (QED) is 0.816. The molecule has 1 saturated heterocycles. The van der Waals surface area contributed by atoms with Crippen LogP contribution in [0, 0.1) is 0 Å². The van der Waals surface area contributed by atoms with Gasteiger partial charge in [-0.05, 0) is 18.3 Å². The van der Waals surface area contributed by atoms with Crippen LogP contribution in [-0.4, -0.2) is 56.0 Å². The maximum Gasteiger partial charge on any atom is 0.166 e. The summed E-state index contributed by atoms with van der Waals surface area (Å²) in [5, 5.41) is 7.43. The fraction of sp³-hybridized carbons (Fsp3) is 0.562. The second-order valence-corrected chi connectivity index (χ2v) is 5.99. The van der Waals surface area contributed by atoms with Gasteiger partial charge in [-0.15, -0.1) is 0 Å². The van der Waals surface area contributed by atoms with Crippen LogP contribution < -0.4 is 15.4 Å². The lowest BCUT2D eigenvalue weighted by Gasteiger charge is -2.29. The Kier molecular flexibility index (Phi) is 5.48. The number of ether oxygens (including phenoxy) is 2. The third kappa shape index (κ3) is 4.09. The fourth-order valence-electron chi connectivity index (χ4n) is 2.85. The molecule has 0 unspecified atom stereocenters. The van der Waals surface area contributed by atoms with E-state index in [2.05, 4.69) is 21.6 Å². The SMILES string of the molecule is S=C(NCCN1CCOCC1)N[C@@H]1CCOc2ccccc21. The van der Waals surface area contributed by atoms with Gasteiger partial charge >= 0.3 is 0 Å². The Bertz CT molecular complexity index is 506. The Morgan fingerprint density at radius 1 is 1.23 bits per heavy atom. The van der Waals surface area contributed by atoms with Crippen LogP contribution in [0.15, 0.2) is 24.3 Å². The van der Waals surface area contributed by atoms with Crippen LogP contribution in [0.1, 0.15) is 18.0 Å². The normalized spacial score (nSPS) is 21.5. The Balaban J connectivity index is 1.44. The van der Waals surface area contributed by atoms with Gasteiger partial charge in [-0.2, -0.15) is 0 Å². The molecule has 0 aromatic heterocycles. The predicted octanol–water partition coefficient (Wildman–Crippen LogP) is 1.31. The van der Waals surface area contributed by atoms with Crippen molar-refractivity contribution in [3.63, 3.8) is 0 Å². The number of benzene rings is 1. The highest BCUT2D eigenvalue weighted by Crippen LogP contribution is 2.31. The van der Waals surface area contributed by atoms with E-state index in [4.69, 9.17) is 21.7 Å². The van der Waals surface area contributed by atoms with E-state index in [0.717, 1.165) is 63.3 Å². The van der Waals surface area contributed by atoms with Gasteiger partial charge in [0.1, 0.15) is 5.75 Å². The van der Waals surface area contributed by atoms with Gasteiger partial charge in [-0.1, -0.05) is 18.2 Å². The van der Waals surface area contributed by atoms with E-state index in [0.29, 0.717) is 0 Å². The summed E-state index contributed by atoms with van der Waals surface area (Å²) in [6, 6.07) is 8.38. The van der Waals surface area contributed by atoms with E-state index in [9.17, 15) is 0 Å². The first-order chi connectivity index (χ1) is 10.8. The van der Waals surface area contributed by atoms with E-state index < -0.39 is 0 Å². The Labute approximate surface area is 137 Å². The van der Waals surface area contributed by atoms with Crippen LogP contribution in [0.4, 0.5) is 0 Å². The van der Waals surface area contributed by atoms with Crippen molar-refractivity contribution in [3.8, 4) is 5.75 Å². The Morgan fingerprint density at radius 2 is 2.05 bits per heavy atom. The first-order valence-corrected chi connectivity index (χ1v) is 8.30. The number of para-hydroxylation sites is 1. The molecule has 0 bridgehead atoms. The predicted molar refractivity (Wildman–Crippen MR) is 90.3 cm³/mol. The van der Waals surface area contributed by atoms with Crippen molar-refractivity contribution in [1.82, 2.24) is 15.5 Å². The molecule has 1 fully saturated rings. The van der Waals surface area contributed by atoms with Crippen molar-refractivity contribution in [2.75, 3.05) is 46.0 Å². The van der Waals surface area contributed by atoms with Crippen molar-refractivity contribution < 1.29 is 9.47 Å². The van der Waals surface area contributed by atoms with Crippen LogP contribution >= 0.6 is 12.2 Å². The van der Waals surface area contributed by atoms with Crippen molar-refractivity contribution >= 4 is 17.3 Å². The molecule has 3 rings (SSSR count). The molecule has 120 valence electrons. The summed E-state index contributed by atoms with van der Waals surface area (Å²) in [6.07, 6.45) is 0.933. The van der Waals surface area contributed by atoms with Crippen LogP contribution in [0.5, 0.6) is 5.75 Å². The molecule has 1 atom stereocenters. The largest absolute Gasteiger partial charge is 0.493 e. The van der Waals surface area contributed by atoms with Gasteiger partial charge in [0.25, 0.3) is 0 Å². The molecule has 1 aromatic carbocycles. The van der Waals surface area contributed by atoms with E-state index in [1.165, 1.54) is 5.56 Å². The second kappa shape index (κ2) is 7.76. The van der Waals surface area contributed by atoms with E-state index in [-0.39, 0.29) is 6.04 Å². The molecule has 0 saturated carbocycles. The number of thiocarbonyl (C=S) groups is 1. The third-order valence-electron chi connectivity index (χ3n) is 4.08. The lowest BCUT2D eigenvalue weighted by molar-refractivity contribution is 0.0389.